The second-order valence-corrected chi connectivity index (χ2v) is 9.54. The second-order valence-electron chi connectivity index (χ2n) is 6.36. The molecule has 0 bridgehead atoms. The van der Waals surface area contributed by atoms with Gasteiger partial charge in [-0.25, -0.2) is 21.9 Å². The van der Waals surface area contributed by atoms with E-state index in [2.05, 4.69) is 5.10 Å². The lowest BCUT2D eigenvalue weighted by atomic mass is 10.3. The van der Waals surface area contributed by atoms with E-state index >= 15 is 0 Å². The summed E-state index contributed by atoms with van der Waals surface area (Å²) in [4.78, 5) is 2.11. The Morgan fingerprint density at radius 2 is 1.79 bits per heavy atom. The summed E-state index contributed by atoms with van der Waals surface area (Å²) >= 11 is 6.70. The van der Waals surface area contributed by atoms with Crippen LogP contribution in [0.5, 0.6) is 0 Å². The minimum absolute atomic E-state index is 0.0963. The molecular weight excluding hydrogens is 442 g/mol. The first kappa shape index (κ1) is 20.3. The van der Waals surface area contributed by atoms with Gasteiger partial charge in [0.05, 0.1) is 11.5 Å². The highest BCUT2D eigenvalue weighted by molar-refractivity contribution is 7.89. The quantitative estimate of drug-likeness (QED) is 0.547. The molecule has 0 unspecified atom stereocenters. The molecular formula is C17H16F2N4O3S3. The Kier molecular flexibility index (Phi) is 5.62. The SMILES string of the molecule is O=S(=O)(c1c(F)cccc1F)N1CCN(Cn2nc(-c3cccs3)oc2=S)CC1. The molecule has 1 aromatic carbocycles. The van der Waals surface area contributed by atoms with Crippen LogP contribution in [0.4, 0.5) is 8.78 Å². The molecule has 3 heterocycles. The number of piperazine rings is 1. The Bertz CT molecular complexity index is 1150. The molecule has 2 aromatic heterocycles. The average Bonchev–Trinajstić information content (AvgIpc) is 3.32. The minimum Gasteiger partial charge on any atom is -0.408 e. The highest BCUT2D eigenvalue weighted by Gasteiger charge is 2.33. The third kappa shape index (κ3) is 4.03. The number of aromatic nitrogens is 2. The molecule has 7 nitrogen and oxygen atoms in total. The zero-order chi connectivity index (χ0) is 20.6. The van der Waals surface area contributed by atoms with Crippen molar-refractivity contribution >= 4 is 33.6 Å². The van der Waals surface area contributed by atoms with Crippen LogP contribution in [0, 0.1) is 16.5 Å². The topological polar surface area (TPSA) is 71.6 Å². The van der Waals surface area contributed by atoms with Gasteiger partial charge in [0.25, 0.3) is 10.7 Å². The summed E-state index contributed by atoms with van der Waals surface area (Å²) in [6, 6.07) is 6.76. The Morgan fingerprint density at radius 3 is 2.41 bits per heavy atom. The fourth-order valence-electron chi connectivity index (χ4n) is 3.05. The van der Waals surface area contributed by atoms with Gasteiger partial charge in [-0.3, -0.25) is 4.90 Å². The number of thiophene rings is 1. The van der Waals surface area contributed by atoms with E-state index in [-0.39, 0.29) is 17.9 Å². The van der Waals surface area contributed by atoms with Gasteiger partial charge < -0.3 is 4.42 Å². The zero-order valence-electron chi connectivity index (χ0n) is 15.0. The van der Waals surface area contributed by atoms with E-state index in [9.17, 15) is 17.2 Å². The number of hydrogen-bond acceptors (Lipinski definition) is 7. The maximum atomic E-state index is 13.9. The average molecular weight is 459 g/mol. The molecule has 154 valence electrons. The summed E-state index contributed by atoms with van der Waals surface area (Å²) in [7, 11) is -4.26. The van der Waals surface area contributed by atoms with Gasteiger partial charge in [0, 0.05) is 26.2 Å². The lowest BCUT2D eigenvalue weighted by Gasteiger charge is -2.33. The summed E-state index contributed by atoms with van der Waals surface area (Å²) in [6.07, 6.45) is 0. The first-order valence-electron chi connectivity index (χ1n) is 8.64. The van der Waals surface area contributed by atoms with Crippen molar-refractivity contribution in [3.8, 4) is 10.8 Å². The third-order valence-corrected chi connectivity index (χ3v) is 7.62. The number of rotatable bonds is 5. The van der Waals surface area contributed by atoms with Crippen molar-refractivity contribution in [1.29, 1.82) is 0 Å². The van der Waals surface area contributed by atoms with Crippen molar-refractivity contribution in [3.05, 3.63) is 52.2 Å². The van der Waals surface area contributed by atoms with E-state index < -0.39 is 26.6 Å². The molecule has 12 heteroatoms. The molecule has 29 heavy (non-hydrogen) atoms. The predicted octanol–water partition coefficient (Wildman–Crippen LogP) is 3.18. The Labute approximate surface area is 174 Å². The first-order valence-corrected chi connectivity index (χ1v) is 11.4. The van der Waals surface area contributed by atoms with Crippen molar-refractivity contribution < 1.29 is 21.6 Å². The second kappa shape index (κ2) is 8.03. The molecule has 0 aliphatic carbocycles. The van der Waals surface area contributed by atoms with Gasteiger partial charge in [0.2, 0.25) is 10.0 Å². The molecule has 1 aliphatic heterocycles. The molecule has 3 aromatic rings. The van der Waals surface area contributed by atoms with E-state index in [0.717, 1.165) is 27.4 Å². The van der Waals surface area contributed by atoms with Crippen LogP contribution in [0.1, 0.15) is 0 Å². The summed E-state index contributed by atoms with van der Waals surface area (Å²) in [5.41, 5.74) is 0. The Balaban J connectivity index is 1.44. The molecule has 0 atom stereocenters. The smallest absolute Gasteiger partial charge is 0.288 e. The molecule has 1 fully saturated rings. The zero-order valence-corrected chi connectivity index (χ0v) is 17.4. The Morgan fingerprint density at radius 1 is 1.10 bits per heavy atom. The number of halogens is 2. The lowest BCUT2D eigenvalue weighted by Crippen LogP contribution is -2.49. The van der Waals surface area contributed by atoms with E-state index in [0.29, 0.717) is 25.6 Å². The summed E-state index contributed by atoms with van der Waals surface area (Å²) in [5.74, 6) is -1.76. The predicted molar refractivity (Wildman–Crippen MR) is 105 cm³/mol. The number of sulfonamides is 1. The largest absolute Gasteiger partial charge is 0.408 e. The van der Waals surface area contributed by atoms with Gasteiger partial charge in [-0.05, 0) is 35.8 Å². The van der Waals surface area contributed by atoms with Gasteiger partial charge >= 0.3 is 0 Å². The van der Waals surface area contributed by atoms with Gasteiger partial charge in [0.15, 0.2) is 4.90 Å². The van der Waals surface area contributed by atoms with Crippen molar-refractivity contribution in [1.82, 2.24) is 19.0 Å². The number of benzene rings is 1. The van der Waals surface area contributed by atoms with Crippen LogP contribution in [0.3, 0.4) is 0 Å². The fraction of sp³-hybridized carbons (Fsp3) is 0.294. The normalized spacial score (nSPS) is 16.3. The van der Waals surface area contributed by atoms with E-state index in [1.807, 2.05) is 22.4 Å². The highest BCUT2D eigenvalue weighted by atomic mass is 32.2. The highest BCUT2D eigenvalue weighted by Crippen LogP contribution is 2.25. The van der Waals surface area contributed by atoms with Crippen LogP contribution in [0.15, 0.2) is 45.0 Å². The maximum absolute atomic E-state index is 13.9. The third-order valence-electron chi connectivity index (χ3n) is 4.52. The molecule has 4 rings (SSSR count). The Hall–Kier alpha value is -1.99. The van der Waals surface area contributed by atoms with Gasteiger partial charge in [-0.1, -0.05) is 12.1 Å². The van der Waals surface area contributed by atoms with Crippen molar-refractivity contribution in [2.75, 3.05) is 26.2 Å². The molecule has 1 saturated heterocycles. The first-order chi connectivity index (χ1) is 13.9. The monoisotopic (exact) mass is 458 g/mol. The molecule has 0 spiro atoms. The fourth-order valence-corrected chi connectivity index (χ4v) is 5.41. The van der Waals surface area contributed by atoms with Crippen molar-refractivity contribution in [2.45, 2.75) is 11.6 Å². The van der Waals surface area contributed by atoms with E-state index in [4.69, 9.17) is 16.6 Å². The van der Waals surface area contributed by atoms with Crippen LogP contribution >= 0.6 is 23.6 Å². The molecule has 0 N–H and O–H groups in total. The van der Waals surface area contributed by atoms with Crippen LogP contribution in [0.2, 0.25) is 0 Å². The molecule has 0 amide bonds. The summed E-state index contributed by atoms with van der Waals surface area (Å²) in [6.45, 7) is 1.24. The number of hydrogen-bond donors (Lipinski definition) is 0. The van der Waals surface area contributed by atoms with Gasteiger partial charge in [0.1, 0.15) is 11.6 Å². The minimum atomic E-state index is -4.26. The van der Waals surface area contributed by atoms with E-state index in [1.165, 1.54) is 16.0 Å². The van der Waals surface area contributed by atoms with Crippen LogP contribution in [-0.4, -0.2) is 53.6 Å². The van der Waals surface area contributed by atoms with Crippen LogP contribution in [-0.2, 0) is 16.7 Å². The van der Waals surface area contributed by atoms with Crippen LogP contribution in [0.25, 0.3) is 10.8 Å². The van der Waals surface area contributed by atoms with Crippen LogP contribution < -0.4 is 0 Å². The van der Waals surface area contributed by atoms with Crippen molar-refractivity contribution in [2.24, 2.45) is 0 Å². The lowest BCUT2D eigenvalue weighted by molar-refractivity contribution is 0.143. The van der Waals surface area contributed by atoms with Crippen molar-refractivity contribution in [3.63, 3.8) is 0 Å². The molecule has 0 radical (unpaired) electrons. The molecule has 1 aliphatic rings. The maximum Gasteiger partial charge on any atom is 0.288 e. The standard InChI is InChI=1S/C17H16F2N4O3S3/c18-12-3-1-4-13(19)15(12)29(24,25)22-8-6-21(7-9-22)11-23-17(27)26-16(20-23)14-5-2-10-28-14/h1-5,10H,6-9,11H2. The molecule has 0 saturated carbocycles. The summed E-state index contributed by atoms with van der Waals surface area (Å²) in [5, 5.41) is 6.28. The summed E-state index contributed by atoms with van der Waals surface area (Å²) < 4.78 is 61.3. The van der Waals surface area contributed by atoms with E-state index in [1.54, 1.807) is 0 Å². The number of nitrogens with zero attached hydrogens (tertiary/aromatic N) is 4. The van der Waals surface area contributed by atoms with Gasteiger partial charge in [-0.2, -0.15) is 4.31 Å². The van der Waals surface area contributed by atoms with Gasteiger partial charge in [-0.15, -0.1) is 16.4 Å².